The fourth-order valence-corrected chi connectivity index (χ4v) is 2.85. The molecule has 1 nitrogen and oxygen atoms in total. The van der Waals surface area contributed by atoms with Crippen LogP contribution in [0, 0.1) is 12.7 Å². The van der Waals surface area contributed by atoms with Gasteiger partial charge in [0.25, 0.3) is 0 Å². The minimum atomic E-state index is -0.160. The summed E-state index contributed by atoms with van der Waals surface area (Å²) in [5.41, 5.74) is 3.29. The highest BCUT2D eigenvalue weighted by atomic mass is 79.9. The highest BCUT2D eigenvalue weighted by Gasteiger charge is 2.16. The van der Waals surface area contributed by atoms with Crippen molar-refractivity contribution >= 4 is 15.9 Å². The molecule has 0 aliphatic carbocycles. The summed E-state index contributed by atoms with van der Waals surface area (Å²) >= 11 is 3.27. The van der Waals surface area contributed by atoms with Crippen LogP contribution in [0.25, 0.3) is 0 Å². The van der Waals surface area contributed by atoms with Gasteiger partial charge in [0.15, 0.2) is 0 Å². The van der Waals surface area contributed by atoms with E-state index in [4.69, 9.17) is 0 Å². The Morgan fingerprint density at radius 1 is 1.14 bits per heavy atom. The molecular weight excluding hydrogens is 329 g/mol. The first-order chi connectivity index (χ1) is 10.1. The molecule has 21 heavy (non-hydrogen) atoms. The molecule has 0 amide bonds. The lowest BCUT2D eigenvalue weighted by Crippen LogP contribution is -2.22. The number of nitrogens with one attached hydrogen (secondary N) is 1. The van der Waals surface area contributed by atoms with Gasteiger partial charge in [-0.1, -0.05) is 48.9 Å². The smallest absolute Gasteiger partial charge is 0.142 e. The van der Waals surface area contributed by atoms with Gasteiger partial charge < -0.3 is 5.32 Å². The number of hydrogen-bond donors (Lipinski definition) is 1. The zero-order valence-electron chi connectivity index (χ0n) is 12.5. The molecule has 112 valence electrons. The Kier molecular flexibility index (Phi) is 5.95. The molecule has 0 heterocycles. The van der Waals surface area contributed by atoms with Crippen LogP contribution in [0.5, 0.6) is 0 Å². The van der Waals surface area contributed by atoms with Crippen LogP contribution in [0.3, 0.4) is 0 Å². The van der Waals surface area contributed by atoms with Gasteiger partial charge in [0, 0.05) is 11.6 Å². The van der Waals surface area contributed by atoms with Crippen molar-refractivity contribution in [1.29, 1.82) is 0 Å². The first-order valence-corrected chi connectivity index (χ1v) is 8.14. The molecule has 0 aromatic heterocycles. The largest absolute Gasteiger partial charge is 0.310 e. The van der Waals surface area contributed by atoms with E-state index in [-0.39, 0.29) is 11.9 Å². The maximum atomic E-state index is 14.3. The van der Waals surface area contributed by atoms with Gasteiger partial charge in [0.1, 0.15) is 5.82 Å². The molecule has 0 fully saturated rings. The number of rotatable bonds is 6. The van der Waals surface area contributed by atoms with Crippen LogP contribution in [0.2, 0.25) is 0 Å². The Bertz CT molecular complexity index is 580. The number of halogens is 2. The first-order valence-electron chi connectivity index (χ1n) is 7.34. The molecule has 2 aromatic rings. The molecule has 0 spiro atoms. The van der Waals surface area contributed by atoms with E-state index < -0.39 is 0 Å². The first kappa shape index (κ1) is 16.2. The van der Waals surface area contributed by atoms with Crippen LogP contribution in [-0.2, 0) is 6.42 Å². The molecule has 0 radical (unpaired) electrons. The third kappa shape index (κ3) is 4.39. The summed E-state index contributed by atoms with van der Waals surface area (Å²) in [5, 5.41) is 3.39. The van der Waals surface area contributed by atoms with Crippen molar-refractivity contribution in [3.8, 4) is 0 Å². The molecule has 3 heteroatoms. The van der Waals surface area contributed by atoms with E-state index >= 15 is 0 Å². The predicted molar refractivity (Wildman–Crippen MR) is 90.0 cm³/mol. The van der Waals surface area contributed by atoms with Gasteiger partial charge in [-0.05, 0) is 53.9 Å². The highest BCUT2D eigenvalue weighted by Crippen LogP contribution is 2.26. The van der Waals surface area contributed by atoms with Crippen molar-refractivity contribution in [3.63, 3.8) is 0 Å². The Labute approximate surface area is 134 Å². The van der Waals surface area contributed by atoms with Crippen LogP contribution in [0.1, 0.15) is 36.1 Å². The molecule has 0 saturated heterocycles. The van der Waals surface area contributed by atoms with E-state index in [2.05, 4.69) is 59.4 Å². The zero-order valence-corrected chi connectivity index (χ0v) is 14.1. The molecule has 1 N–H and O–H groups in total. The predicted octanol–water partition coefficient (Wildman–Crippen LogP) is 5.18. The fraction of sp³-hybridized carbons (Fsp3) is 0.333. The van der Waals surface area contributed by atoms with Crippen molar-refractivity contribution < 1.29 is 4.39 Å². The van der Waals surface area contributed by atoms with Gasteiger partial charge >= 0.3 is 0 Å². The number of aryl methyl sites for hydroxylation is 2. The van der Waals surface area contributed by atoms with Crippen molar-refractivity contribution in [2.24, 2.45) is 0 Å². The Hall–Kier alpha value is -1.19. The second-order valence-corrected chi connectivity index (χ2v) is 6.13. The lowest BCUT2D eigenvalue weighted by Gasteiger charge is -2.19. The average molecular weight is 350 g/mol. The Morgan fingerprint density at radius 2 is 1.86 bits per heavy atom. The molecule has 0 aliphatic rings. The Morgan fingerprint density at radius 3 is 2.52 bits per heavy atom. The minimum absolute atomic E-state index is 0.0359. The molecule has 2 rings (SSSR count). The van der Waals surface area contributed by atoms with Crippen LogP contribution in [0.4, 0.5) is 4.39 Å². The molecule has 2 aromatic carbocycles. The van der Waals surface area contributed by atoms with Gasteiger partial charge in [-0.25, -0.2) is 4.39 Å². The van der Waals surface area contributed by atoms with Crippen molar-refractivity contribution in [3.05, 3.63) is 69.4 Å². The normalized spacial score (nSPS) is 12.4. The van der Waals surface area contributed by atoms with E-state index in [0.717, 1.165) is 24.9 Å². The van der Waals surface area contributed by atoms with Gasteiger partial charge in [0.2, 0.25) is 0 Å². The maximum absolute atomic E-state index is 14.3. The topological polar surface area (TPSA) is 12.0 Å². The van der Waals surface area contributed by atoms with E-state index in [1.54, 1.807) is 6.07 Å². The third-order valence-corrected chi connectivity index (χ3v) is 4.26. The lowest BCUT2D eigenvalue weighted by atomic mass is 9.98. The van der Waals surface area contributed by atoms with Gasteiger partial charge in [-0.3, -0.25) is 0 Å². The summed E-state index contributed by atoms with van der Waals surface area (Å²) in [6.07, 6.45) is 1.81. The quantitative estimate of drug-likeness (QED) is 0.757. The van der Waals surface area contributed by atoms with E-state index in [0.29, 0.717) is 4.47 Å². The van der Waals surface area contributed by atoms with Crippen LogP contribution in [-0.4, -0.2) is 6.54 Å². The van der Waals surface area contributed by atoms with Gasteiger partial charge in [0.05, 0.1) is 4.47 Å². The van der Waals surface area contributed by atoms with Crippen LogP contribution in [0.15, 0.2) is 46.9 Å². The summed E-state index contributed by atoms with van der Waals surface area (Å²) < 4.78 is 14.8. The second-order valence-electron chi connectivity index (χ2n) is 5.28. The highest BCUT2D eigenvalue weighted by molar-refractivity contribution is 9.10. The van der Waals surface area contributed by atoms with Crippen LogP contribution < -0.4 is 5.32 Å². The monoisotopic (exact) mass is 349 g/mol. The second kappa shape index (κ2) is 7.71. The summed E-state index contributed by atoms with van der Waals surface area (Å²) in [5.74, 6) is -0.160. The summed E-state index contributed by atoms with van der Waals surface area (Å²) in [7, 11) is 0. The third-order valence-electron chi connectivity index (χ3n) is 3.65. The molecule has 0 bridgehead atoms. The summed E-state index contributed by atoms with van der Waals surface area (Å²) in [4.78, 5) is 0. The number of benzene rings is 2. The van der Waals surface area contributed by atoms with E-state index in [1.807, 2.05) is 12.1 Å². The summed E-state index contributed by atoms with van der Waals surface area (Å²) in [6.45, 7) is 4.96. The Balaban J connectivity index is 2.12. The molecule has 0 saturated carbocycles. The van der Waals surface area contributed by atoms with Gasteiger partial charge in [-0.15, -0.1) is 0 Å². The van der Waals surface area contributed by atoms with Crippen molar-refractivity contribution in [2.45, 2.75) is 32.7 Å². The summed E-state index contributed by atoms with van der Waals surface area (Å²) in [6, 6.07) is 14.1. The van der Waals surface area contributed by atoms with Crippen molar-refractivity contribution in [2.75, 3.05) is 6.54 Å². The van der Waals surface area contributed by atoms with E-state index in [1.165, 1.54) is 11.1 Å². The minimum Gasteiger partial charge on any atom is -0.310 e. The van der Waals surface area contributed by atoms with E-state index in [9.17, 15) is 4.39 Å². The zero-order chi connectivity index (χ0) is 15.2. The molecule has 0 aliphatic heterocycles. The fourth-order valence-electron chi connectivity index (χ4n) is 2.47. The van der Waals surface area contributed by atoms with Crippen molar-refractivity contribution in [1.82, 2.24) is 5.32 Å². The number of hydrogen-bond acceptors (Lipinski definition) is 1. The molecule has 1 unspecified atom stereocenters. The van der Waals surface area contributed by atoms with Crippen LogP contribution >= 0.6 is 15.9 Å². The SMILES string of the molecule is CCNC(CCc1ccc(C)cc1)c1cccc(Br)c1F. The average Bonchev–Trinajstić information content (AvgIpc) is 2.48. The molecular formula is C18H21BrFN. The standard InChI is InChI=1S/C18H21BrFN/c1-3-21-17(15-5-4-6-16(19)18(15)20)12-11-14-9-7-13(2)8-10-14/h4-10,17,21H,3,11-12H2,1-2H3. The molecule has 1 atom stereocenters. The maximum Gasteiger partial charge on any atom is 0.142 e. The van der Waals surface area contributed by atoms with Gasteiger partial charge in [-0.2, -0.15) is 0 Å². The lowest BCUT2D eigenvalue weighted by molar-refractivity contribution is 0.483.